The molecule has 5 rings (SSSR count). The molecule has 2 atom stereocenters. The molecule has 2 aliphatic rings. The van der Waals surface area contributed by atoms with Crippen molar-refractivity contribution in [1.29, 1.82) is 0 Å². The van der Waals surface area contributed by atoms with Crippen molar-refractivity contribution in [1.82, 2.24) is 5.32 Å². The number of nitrogens with one attached hydrogen (secondary N) is 2. The van der Waals surface area contributed by atoms with Gasteiger partial charge in [-0.2, -0.15) is 0 Å². The van der Waals surface area contributed by atoms with Crippen molar-refractivity contribution in [2.75, 3.05) is 19.5 Å². The van der Waals surface area contributed by atoms with Crippen LogP contribution < -0.4 is 20.1 Å². The molecular formula is C32H31N3O6. The smallest absolute Gasteiger partial charge is 0.269 e. The maximum atomic E-state index is 13.9. The molecule has 0 saturated carbocycles. The number of carbonyl (C=O) groups excluding carboxylic acids is 2. The minimum absolute atomic E-state index is 0.0632. The van der Waals surface area contributed by atoms with E-state index in [4.69, 9.17) is 9.47 Å². The fraction of sp³-hybridized carbons (Fsp3) is 0.250. The number of allylic oxidation sites excluding steroid dienone is 3. The highest BCUT2D eigenvalue weighted by atomic mass is 16.6. The van der Waals surface area contributed by atoms with Gasteiger partial charge in [-0.15, -0.1) is 0 Å². The summed E-state index contributed by atoms with van der Waals surface area (Å²) in [6, 6.07) is 19.2. The van der Waals surface area contributed by atoms with Crippen LogP contribution in [0.1, 0.15) is 48.3 Å². The highest BCUT2D eigenvalue weighted by molar-refractivity contribution is 6.10. The zero-order valence-corrected chi connectivity index (χ0v) is 23.3. The normalized spacial score (nSPS) is 18.4. The Morgan fingerprint density at radius 3 is 2.22 bits per heavy atom. The molecule has 0 radical (unpaired) electrons. The van der Waals surface area contributed by atoms with Crippen molar-refractivity contribution in [2.45, 2.75) is 38.5 Å². The second-order valence-electron chi connectivity index (χ2n) is 10.3. The topological polar surface area (TPSA) is 120 Å². The lowest BCUT2D eigenvalue weighted by molar-refractivity contribution is -0.384. The van der Waals surface area contributed by atoms with Crippen LogP contribution in [0, 0.1) is 17.0 Å². The Labute approximate surface area is 238 Å². The third-order valence-corrected chi connectivity index (χ3v) is 7.70. The maximum absolute atomic E-state index is 13.9. The first kappa shape index (κ1) is 27.6. The van der Waals surface area contributed by atoms with Gasteiger partial charge in [0.05, 0.1) is 19.1 Å². The molecule has 1 amide bonds. The molecule has 3 aromatic rings. The van der Waals surface area contributed by atoms with E-state index < -0.39 is 10.8 Å². The minimum Gasteiger partial charge on any atom is -0.493 e. The molecule has 0 fully saturated rings. The number of dihydropyridines is 1. The van der Waals surface area contributed by atoms with Gasteiger partial charge in [0.15, 0.2) is 17.3 Å². The van der Waals surface area contributed by atoms with E-state index in [9.17, 15) is 19.7 Å². The summed E-state index contributed by atoms with van der Waals surface area (Å²) < 4.78 is 10.8. The lowest BCUT2D eigenvalue weighted by atomic mass is 9.71. The molecule has 41 heavy (non-hydrogen) atoms. The van der Waals surface area contributed by atoms with Crippen LogP contribution in [-0.4, -0.2) is 30.8 Å². The number of nitro groups is 1. The monoisotopic (exact) mass is 553 g/mol. The predicted molar refractivity (Wildman–Crippen MR) is 155 cm³/mol. The van der Waals surface area contributed by atoms with Crippen LogP contribution in [0.25, 0.3) is 0 Å². The largest absolute Gasteiger partial charge is 0.493 e. The van der Waals surface area contributed by atoms with Crippen LogP contribution in [0.5, 0.6) is 11.5 Å². The molecule has 0 saturated heterocycles. The van der Waals surface area contributed by atoms with Gasteiger partial charge in [0.2, 0.25) is 0 Å². The number of hydrogen-bond donors (Lipinski definition) is 2. The van der Waals surface area contributed by atoms with Gasteiger partial charge in [-0.1, -0.05) is 35.9 Å². The number of non-ortho nitro benzene ring substituents is 1. The van der Waals surface area contributed by atoms with Crippen molar-refractivity contribution in [3.05, 3.63) is 116 Å². The second kappa shape index (κ2) is 11.3. The summed E-state index contributed by atoms with van der Waals surface area (Å²) in [7, 11) is 3.15. The van der Waals surface area contributed by atoms with Crippen LogP contribution in [0.3, 0.4) is 0 Å². The number of rotatable bonds is 7. The summed E-state index contributed by atoms with van der Waals surface area (Å²) in [4.78, 5) is 38.5. The molecule has 0 bridgehead atoms. The van der Waals surface area contributed by atoms with Crippen molar-refractivity contribution in [3.63, 3.8) is 0 Å². The Bertz CT molecular complexity index is 1590. The first-order valence-corrected chi connectivity index (χ1v) is 13.3. The zero-order chi connectivity index (χ0) is 29.3. The average Bonchev–Trinajstić information content (AvgIpc) is 2.97. The number of nitro benzene ring substituents is 1. The lowest BCUT2D eigenvalue weighted by Crippen LogP contribution is -2.37. The van der Waals surface area contributed by atoms with Crippen molar-refractivity contribution in [2.24, 2.45) is 0 Å². The van der Waals surface area contributed by atoms with Crippen molar-refractivity contribution >= 4 is 23.1 Å². The number of nitrogens with zero attached hydrogens (tertiary/aromatic N) is 1. The Kier molecular flexibility index (Phi) is 7.61. The van der Waals surface area contributed by atoms with E-state index in [0.717, 1.165) is 16.8 Å². The van der Waals surface area contributed by atoms with Gasteiger partial charge in [-0.25, -0.2) is 0 Å². The highest BCUT2D eigenvalue weighted by Gasteiger charge is 2.41. The number of benzene rings is 3. The molecule has 210 valence electrons. The second-order valence-corrected chi connectivity index (χ2v) is 10.3. The number of Topliss-reactive ketones (excluding diaryl/α,β-unsaturated/α-hetero) is 1. The molecule has 0 unspecified atom stereocenters. The third kappa shape index (κ3) is 5.43. The lowest BCUT2D eigenvalue weighted by Gasteiger charge is -2.37. The summed E-state index contributed by atoms with van der Waals surface area (Å²) in [6.07, 6.45) is 0.787. The van der Waals surface area contributed by atoms with Gasteiger partial charge in [-0.3, -0.25) is 19.7 Å². The number of aryl methyl sites for hydroxylation is 1. The van der Waals surface area contributed by atoms with Gasteiger partial charge in [0.1, 0.15) is 0 Å². The highest BCUT2D eigenvalue weighted by Crippen LogP contribution is 2.46. The molecule has 1 heterocycles. The minimum atomic E-state index is -0.684. The summed E-state index contributed by atoms with van der Waals surface area (Å²) in [5.74, 6) is -0.0317. The molecule has 0 spiro atoms. The molecule has 3 aromatic carbocycles. The van der Waals surface area contributed by atoms with E-state index in [0.29, 0.717) is 46.0 Å². The number of methoxy groups -OCH3 is 2. The first-order valence-electron chi connectivity index (χ1n) is 13.3. The summed E-state index contributed by atoms with van der Waals surface area (Å²) in [5.41, 5.74) is 5.49. The van der Waals surface area contributed by atoms with E-state index in [1.165, 1.54) is 12.1 Å². The van der Waals surface area contributed by atoms with Gasteiger partial charge in [0.25, 0.3) is 11.6 Å². The van der Waals surface area contributed by atoms with Gasteiger partial charge in [0, 0.05) is 52.7 Å². The SMILES string of the molecule is COc1ccc([C@@H]2CC(=O)C3=C(C2)NC(C)=C(C(=O)Nc2ccc(C)cc2)[C@@H]3c2ccc([N+](=O)[O-])cc2)cc1OC. The van der Waals surface area contributed by atoms with Gasteiger partial charge in [-0.05, 0) is 61.6 Å². The third-order valence-electron chi connectivity index (χ3n) is 7.70. The zero-order valence-electron chi connectivity index (χ0n) is 23.3. The fourth-order valence-corrected chi connectivity index (χ4v) is 5.64. The quantitative estimate of drug-likeness (QED) is 0.275. The first-order chi connectivity index (χ1) is 19.7. The van der Waals surface area contributed by atoms with Crippen LogP contribution in [0.2, 0.25) is 0 Å². The standard InChI is InChI=1S/C32H31N3O6/c1-18-5-10-23(11-6-18)34-32(37)29-19(2)33-25-15-22(21-9-14-27(40-3)28(17-21)41-4)16-26(36)31(25)30(29)20-7-12-24(13-8-20)35(38)39/h5-14,17,22,30,33H,15-16H2,1-4H3,(H,34,37)/t22-,30-/m0/s1. The molecule has 9 nitrogen and oxygen atoms in total. The van der Waals surface area contributed by atoms with E-state index >= 15 is 0 Å². The number of amides is 1. The van der Waals surface area contributed by atoms with E-state index in [2.05, 4.69) is 10.6 Å². The summed E-state index contributed by atoms with van der Waals surface area (Å²) >= 11 is 0. The molecule has 2 N–H and O–H groups in total. The molecule has 9 heteroatoms. The number of ketones is 1. The Morgan fingerprint density at radius 2 is 1.59 bits per heavy atom. The summed E-state index contributed by atoms with van der Waals surface area (Å²) in [5, 5.41) is 17.6. The average molecular weight is 554 g/mol. The van der Waals surface area contributed by atoms with Crippen LogP contribution in [0.15, 0.2) is 89.3 Å². The van der Waals surface area contributed by atoms with Gasteiger partial charge < -0.3 is 20.1 Å². The number of ether oxygens (including phenoxy) is 2. The number of carbonyl (C=O) groups is 2. The maximum Gasteiger partial charge on any atom is 0.269 e. The van der Waals surface area contributed by atoms with Crippen LogP contribution in [0.4, 0.5) is 11.4 Å². The van der Waals surface area contributed by atoms with E-state index in [1.54, 1.807) is 26.4 Å². The number of anilines is 1. The molecule has 0 aromatic heterocycles. The Balaban J connectivity index is 1.55. The molecule has 1 aliphatic carbocycles. The Hall–Kier alpha value is -4.92. The van der Waals surface area contributed by atoms with Crippen molar-refractivity contribution < 1.29 is 24.0 Å². The van der Waals surface area contributed by atoms with Crippen LogP contribution in [-0.2, 0) is 9.59 Å². The van der Waals surface area contributed by atoms with Crippen LogP contribution >= 0.6 is 0 Å². The summed E-state index contributed by atoms with van der Waals surface area (Å²) in [6.45, 7) is 3.78. The Morgan fingerprint density at radius 1 is 0.927 bits per heavy atom. The van der Waals surface area contributed by atoms with E-state index in [-0.39, 0.29) is 29.7 Å². The molecule has 1 aliphatic heterocycles. The predicted octanol–water partition coefficient (Wildman–Crippen LogP) is 5.92. The number of hydrogen-bond acceptors (Lipinski definition) is 7. The van der Waals surface area contributed by atoms with Crippen molar-refractivity contribution in [3.8, 4) is 11.5 Å². The van der Waals surface area contributed by atoms with Gasteiger partial charge >= 0.3 is 0 Å². The molecular weight excluding hydrogens is 522 g/mol. The fourth-order valence-electron chi connectivity index (χ4n) is 5.64. The van der Waals surface area contributed by atoms with E-state index in [1.807, 2.05) is 56.3 Å².